The first-order valence-electron chi connectivity index (χ1n) is 3.97. The van der Waals surface area contributed by atoms with E-state index in [1.807, 2.05) is 13.0 Å². The fraction of sp³-hybridized carbons (Fsp3) is 0.167. The third kappa shape index (κ3) is 3.20. The largest absolute Gasteiger partial charge is 0.131 e. The molecule has 0 bridgehead atoms. The molecule has 0 saturated heterocycles. The average molecular weight is 186 g/mol. The van der Waals surface area contributed by atoms with Crippen molar-refractivity contribution in [2.75, 3.05) is 0 Å². The number of hydrogen-bond acceptors (Lipinski definition) is 1. The van der Waals surface area contributed by atoms with Crippen LogP contribution in [0.2, 0.25) is 0 Å². The molecule has 0 N–H and O–H groups in total. The molecular formula is C12H10S. The van der Waals surface area contributed by atoms with Gasteiger partial charge in [0.2, 0.25) is 0 Å². The lowest BCUT2D eigenvalue weighted by Crippen LogP contribution is -1.69. The summed E-state index contributed by atoms with van der Waals surface area (Å²) < 4.78 is 0. The molecule has 1 aromatic rings. The van der Waals surface area contributed by atoms with Gasteiger partial charge in [-0.3, -0.25) is 0 Å². The van der Waals surface area contributed by atoms with Gasteiger partial charge in [-0.05, 0) is 25.1 Å². The van der Waals surface area contributed by atoms with Crippen LogP contribution in [0.25, 0.3) is 0 Å². The van der Waals surface area contributed by atoms with Crippen LogP contribution in [0.3, 0.4) is 0 Å². The van der Waals surface area contributed by atoms with Crippen LogP contribution >= 0.6 is 11.3 Å². The molecule has 0 nitrogen and oxygen atoms in total. The zero-order chi connectivity index (χ0) is 9.52. The van der Waals surface area contributed by atoms with Crippen LogP contribution in [0.15, 0.2) is 24.8 Å². The third-order valence-corrected chi connectivity index (χ3v) is 2.40. The first kappa shape index (κ1) is 9.65. The lowest BCUT2D eigenvalue weighted by atomic mass is 10.3. The number of hydrogen-bond donors (Lipinski definition) is 0. The van der Waals surface area contributed by atoms with Crippen molar-refractivity contribution in [2.24, 2.45) is 0 Å². The molecule has 64 valence electrons. The molecule has 1 aromatic heterocycles. The zero-order valence-corrected chi connectivity index (χ0v) is 8.37. The van der Waals surface area contributed by atoms with E-state index in [9.17, 15) is 0 Å². The van der Waals surface area contributed by atoms with Crippen molar-refractivity contribution in [3.63, 3.8) is 0 Å². The van der Waals surface area contributed by atoms with Crippen LogP contribution in [-0.4, -0.2) is 0 Å². The number of thiophene rings is 1. The van der Waals surface area contributed by atoms with Crippen molar-refractivity contribution >= 4 is 11.3 Å². The topological polar surface area (TPSA) is 0 Å². The van der Waals surface area contributed by atoms with E-state index in [0.717, 1.165) is 11.3 Å². The van der Waals surface area contributed by atoms with Gasteiger partial charge in [0.1, 0.15) is 0 Å². The molecule has 0 aromatic carbocycles. The van der Waals surface area contributed by atoms with Crippen LogP contribution in [0.1, 0.15) is 16.7 Å². The SMILES string of the molecule is C=CC#Cc1ccc(CC#CC)s1. The molecule has 0 aliphatic heterocycles. The Morgan fingerprint density at radius 2 is 2.38 bits per heavy atom. The Morgan fingerprint density at radius 1 is 1.54 bits per heavy atom. The number of allylic oxidation sites excluding steroid dienone is 1. The Morgan fingerprint density at radius 3 is 3.08 bits per heavy atom. The van der Waals surface area contributed by atoms with E-state index in [4.69, 9.17) is 0 Å². The molecule has 0 aliphatic rings. The minimum atomic E-state index is 0.830. The van der Waals surface area contributed by atoms with Gasteiger partial charge in [0.15, 0.2) is 0 Å². The van der Waals surface area contributed by atoms with E-state index in [2.05, 4.69) is 36.3 Å². The van der Waals surface area contributed by atoms with Crippen LogP contribution in [-0.2, 0) is 6.42 Å². The van der Waals surface area contributed by atoms with E-state index in [1.165, 1.54) is 4.88 Å². The maximum Gasteiger partial charge on any atom is 0.0775 e. The van der Waals surface area contributed by atoms with Gasteiger partial charge >= 0.3 is 0 Å². The molecule has 0 saturated carbocycles. The lowest BCUT2D eigenvalue weighted by molar-refractivity contribution is 1.41. The Kier molecular flexibility index (Phi) is 3.89. The second-order valence-corrected chi connectivity index (χ2v) is 3.51. The third-order valence-electron chi connectivity index (χ3n) is 1.40. The van der Waals surface area contributed by atoms with Crippen molar-refractivity contribution in [1.29, 1.82) is 0 Å². The Hall–Kier alpha value is -1.44. The van der Waals surface area contributed by atoms with E-state index >= 15 is 0 Å². The predicted molar refractivity (Wildman–Crippen MR) is 58.5 cm³/mol. The summed E-state index contributed by atoms with van der Waals surface area (Å²) in [5, 5.41) is 0. The van der Waals surface area contributed by atoms with Crippen LogP contribution < -0.4 is 0 Å². The van der Waals surface area contributed by atoms with Crippen molar-refractivity contribution in [3.05, 3.63) is 34.5 Å². The number of rotatable bonds is 1. The Labute approximate surface area is 83.3 Å². The van der Waals surface area contributed by atoms with Gasteiger partial charge in [0, 0.05) is 11.3 Å². The highest BCUT2D eigenvalue weighted by Crippen LogP contribution is 2.15. The van der Waals surface area contributed by atoms with Crippen molar-refractivity contribution in [2.45, 2.75) is 13.3 Å². The van der Waals surface area contributed by atoms with Crippen LogP contribution in [0.5, 0.6) is 0 Å². The van der Waals surface area contributed by atoms with Crippen molar-refractivity contribution < 1.29 is 0 Å². The van der Waals surface area contributed by atoms with Crippen molar-refractivity contribution in [3.8, 4) is 23.7 Å². The first-order valence-corrected chi connectivity index (χ1v) is 4.79. The zero-order valence-electron chi connectivity index (χ0n) is 7.55. The van der Waals surface area contributed by atoms with Crippen LogP contribution in [0, 0.1) is 23.7 Å². The van der Waals surface area contributed by atoms with Gasteiger partial charge in [-0.15, -0.1) is 17.3 Å². The predicted octanol–water partition coefficient (Wildman–Crippen LogP) is 2.85. The quantitative estimate of drug-likeness (QED) is 0.592. The fourth-order valence-corrected chi connectivity index (χ4v) is 1.65. The maximum atomic E-state index is 3.54. The summed E-state index contributed by atoms with van der Waals surface area (Å²) in [6.45, 7) is 5.39. The van der Waals surface area contributed by atoms with Gasteiger partial charge in [0.05, 0.1) is 4.88 Å². The van der Waals surface area contributed by atoms with Crippen molar-refractivity contribution in [1.82, 2.24) is 0 Å². The maximum absolute atomic E-state index is 3.54. The average Bonchev–Trinajstić information content (AvgIpc) is 2.59. The van der Waals surface area contributed by atoms with E-state index < -0.39 is 0 Å². The van der Waals surface area contributed by atoms with Gasteiger partial charge in [-0.2, -0.15) is 0 Å². The summed E-state index contributed by atoms with van der Waals surface area (Å²) in [6.07, 6.45) is 2.43. The highest BCUT2D eigenvalue weighted by Gasteiger charge is 1.94. The van der Waals surface area contributed by atoms with Gasteiger partial charge in [0.25, 0.3) is 0 Å². The summed E-state index contributed by atoms with van der Waals surface area (Å²) in [7, 11) is 0. The van der Waals surface area contributed by atoms with E-state index in [0.29, 0.717) is 0 Å². The normalized spacial score (nSPS) is 7.77. The smallest absolute Gasteiger partial charge is 0.0775 e. The first-order chi connectivity index (χ1) is 6.36. The molecule has 0 atom stereocenters. The lowest BCUT2D eigenvalue weighted by Gasteiger charge is -1.81. The minimum absolute atomic E-state index is 0.830. The molecule has 0 amide bonds. The van der Waals surface area contributed by atoms with Gasteiger partial charge in [-0.25, -0.2) is 0 Å². The molecule has 0 spiro atoms. The van der Waals surface area contributed by atoms with Gasteiger partial charge < -0.3 is 0 Å². The highest BCUT2D eigenvalue weighted by atomic mass is 32.1. The second kappa shape index (κ2) is 5.25. The molecule has 0 aliphatic carbocycles. The molecular weight excluding hydrogens is 176 g/mol. The Balaban J connectivity index is 2.72. The summed E-state index contributed by atoms with van der Waals surface area (Å²) in [6, 6.07) is 4.09. The summed E-state index contributed by atoms with van der Waals surface area (Å²) in [5.41, 5.74) is 0. The van der Waals surface area contributed by atoms with E-state index in [1.54, 1.807) is 17.4 Å². The molecule has 1 heteroatoms. The van der Waals surface area contributed by atoms with Gasteiger partial charge in [-0.1, -0.05) is 24.3 Å². The Bertz CT molecular complexity index is 402. The molecule has 13 heavy (non-hydrogen) atoms. The standard InChI is InChI=1S/C12H10S/c1-3-5-7-11-9-10-12(13-11)8-6-4-2/h3,9-10H,1,8H2,2H3. The fourth-order valence-electron chi connectivity index (χ4n) is 0.838. The summed E-state index contributed by atoms with van der Waals surface area (Å²) in [4.78, 5) is 2.34. The van der Waals surface area contributed by atoms with E-state index in [-0.39, 0.29) is 0 Å². The molecule has 0 radical (unpaired) electrons. The monoisotopic (exact) mass is 186 g/mol. The highest BCUT2D eigenvalue weighted by molar-refractivity contribution is 7.12. The summed E-state index contributed by atoms with van der Waals surface area (Å²) in [5.74, 6) is 11.7. The molecule has 0 unspecified atom stereocenters. The summed E-state index contributed by atoms with van der Waals surface area (Å²) >= 11 is 1.69. The molecule has 0 fully saturated rings. The molecule has 1 heterocycles. The van der Waals surface area contributed by atoms with Crippen LogP contribution in [0.4, 0.5) is 0 Å². The minimum Gasteiger partial charge on any atom is -0.131 e. The second-order valence-electron chi connectivity index (χ2n) is 2.34. The molecule has 1 rings (SSSR count).